The van der Waals surface area contributed by atoms with E-state index in [0.717, 1.165) is 43.3 Å². The molecule has 39 heavy (non-hydrogen) atoms. The van der Waals surface area contributed by atoms with Crippen LogP contribution in [0.4, 0.5) is 4.39 Å². The highest BCUT2D eigenvalue weighted by Crippen LogP contribution is 2.26. The lowest BCUT2D eigenvalue weighted by Gasteiger charge is -2.42. The molecule has 2 saturated heterocycles. The van der Waals surface area contributed by atoms with E-state index in [9.17, 15) is 23.6 Å². The number of hydrogen-bond acceptors (Lipinski definition) is 7. The van der Waals surface area contributed by atoms with Crippen LogP contribution in [0.1, 0.15) is 62.2 Å². The second-order valence-electron chi connectivity index (χ2n) is 10.4. The van der Waals surface area contributed by atoms with Crippen LogP contribution in [0.15, 0.2) is 24.3 Å². The number of carbonyl (C=O) groups excluding carboxylic acids is 1. The number of aliphatic hydroxyl groups is 1. The zero-order valence-electron chi connectivity index (χ0n) is 22.9. The maximum absolute atomic E-state index is 13.4. The van der Waals surface area contributed by atoms with E-state index < -0.39 is 49.0 Å². The number of alkyl halides is 1. The van der Waals surface area contributed by atoms with Gasteiger partial charge in [-0.25, -0.2) is 9.18 Å². The van der Waals surface area contributed by atoms with Gasteiger partial charge in [-0.05, 0) is 43.4 Å². The molecule has 0 bridgehead atoms. The molecule has 0 spiro atoms. The van der Waals surface area contributed by atoms with E-state index in [4.69, 9.17) is 21.8 Å². The summed E-state index contributed by atoms with van der Waals surface area (Å²) in [7, 11) is 0. The number of carbonyl (C=O) groups is 4. The Morgan fingerprint density at radius 2 is 1.49 bits per heavy atom. The predicted octanol–water partition coefficient (Wildman–Crippen LogP) is 1.68. The standard InChI is InChI=1S/C21H30FN3O.C6H8O7/c22-19-8-10-23(11-9-19)16-17-4-6-18(7-5-17)21(26)25-14-12-24(13-15-25)20-2-1-3-20;7-3(8)1-6(13,5(11)12)2-4(9)10/h4-7,19-20H,1-3,8-16H2;13H,1-2H2,(H,7,8)(H,9,10)(H,11,12)/i10T;. The minimum Gasteiger partial charge on any atom is -0.481 e. The van der Waals surface area contributed by atoms with Crippen molar-refractivity contribution in [3.8, 4) is 0 Å². The van der Waals surface area contributed by atoms with E-state index in [1.807, 2.05) is 34.1 Å². The number of aliphatic carboxylic acids is 3. The highest BCUT2D eigenvalue weighted by molar-refractivity contribution is 5.94. The van der Waals surface area contributed by atoms with E-state index in [1.54, 1.807) is 0 Å². The first-order valence-corrected chi connectivity index (χ1v) is 13.2. The molecule has 3 fully saturated rings. The lowest BCUT2D eigenvalue weighted by molar-refractivity contribution is -0.170. The van der Waals surface area contributed by atoms with Crippen molar-refractivity contribution >= 4 is 23.8 Å². The summed E-state index contributed by atoms with van der Waals surface area (Å²) in [5, 5.41) is 33.8. The summed E-state index contributed by atoms with van der Waals surface area (Å²) in [5.41, 5.74) is -0.922. The Hall–Kier alpha value is -3.09. The molecule has 1 aromatic carbocycles. The van der Waals surface area contributed by atoms with Gasteiger partial charge in [0, 0.05) is 58.8 Å². The van der Waals surface area contributed by atoms with E-state index in [2.05, 4.69) is 4.90 Å². The number of rotatable bonds is 9. The van der Waals surface area contributed by atoms with Gasteiger partial charge in [0.05, 0.1) is 12.8 Å². The molecule has 2 heterocycles. The van der Waals surface area contributed by atoms with Gasteiger partial charge in [-0.3, -0.25) is 24.2 Å². The second kappa shape index (κ2) is 13.8. The molecule has 12 heteroatoms. The van der Waals surface area contributed by atoms with Crippen LogP contribution in [-0.2, 0) is 20.9 Å². The van der Waals surface area contributed by atoms with Crippen LogP contribution in [0.5, 0.6) is 0 Å². The molecule has 0 aromatic heterocycles. The number of likely N-dealkylation sites (tertiary alicyclic amines) is 1. The number of halogens is 1. The number of amides is 1. The quantitative estimate of drug-likeness (QED) is 0.354. The number of nitrogens with zero attached hydrogens (tertiary/aromatic N) is 3. The van der Waals surface area contributed by atoms with Gasteiger partial charge in [0.2, 0.25) is 0 Å². The molecule has 2 unspecified atom stereocenters. The van der Waals surface area contributed by atoms with Crippen molar-refractivity contribution in [1.82, 2.24) is 14.7 Å². The predicted molar refractivity (Wildman–Crippen MR) is 138 cm³/mol. The van der Waals surface area contributed by atoms with Crippen LogP contribution in [0.25, 0.3) is 0 Å². The third-order valence-corrected chi connectivity index (χ3v) is 7.41. The van der Waals surface area contributed by atoms with Crippen molar-refractivity contribution in [2.45, 2.75) is 69.3 Å². The van der Waals surface area contributed by atoms with Gasteiger partial charge in [0.25, 0.3) is 5.91 Å². The van der Waals surface area contributed by atoms with Crippen molar-refractivity contribution in [1.29, 1.82) is 0 Å². The smallest absolute Gasteiger partial charge is 0.336 e. The van der Waals surface area contributed by atoms with Crippen molar-refractivity contribution in [3.63, 3.8) is 0 Å². The van der Waals surface area contributed by atoms with Gasteiger partial charge in [0.15, 0.2) is 5.60 Å². The highest BCUT2D eigenvalue weighted by atomic mass is 19.1. The number of carboxylic acids is 3. The monoisotopic (exact) mass is 553 g/mol. The van der Waals surface area contributed by atoms with Gasteiger partial charge in [-0.1, -0.05) is 18.6 Å². The fourth-order valence-electron chi connectivity index (χ4n) is 4.85. The summed E-state index contributed by atoms with van der Waals surface area (Å²) in [6.45, 7) is 4.41. The summed E-state index contributed by atoms with van der Waals surface area (Å²) in [5.74, 6) is -4.90. The van der Waals surface area contributed by atoms with Gasteiger partial charge in [-0.15, -0.1) is 0 Å². The van der Waals surface area contributed by atoms with Crippen molar-refractivity contribution in [3.05, 3.63) is 35.4 Å². The first-order chi connectivity index (χ1) is 18.9. The maximum atomic E-state index is 13.4. The average Bonchev–Trinajstić information content (AvgIpc) is 2.84. The first kappa shape index (κ1) is 28.9. The Labute approximate surface area is 228 Å². The van der Waals surface area contributed by atoms with Crippen LogP contribution in [0, 0.1) is 0 Å². The maximum Gasteiger partial charge on any atom is 0.336 e. The van der Waals surface area contributed by atoms with Crippen molar-refractivity contribution in [2.24, 2.45) is 0 Å². The molecule has 2 aliphatic heterocycles. The molecule has 1 aliphatic carbocycles. The van der Waals surface area contributed by atoms with E-state index in [0.29, 0.717) is 25.9 Å². The van der Waals surface area contributed by atoms with Gasteiger partial charge in [0.1, 0.15) is 6.17 Å². The lowest BCUT2D eigenvalue weighted by Crippen LogP contribution is -2.53. The zero-order valence-corrected chi connectivity index (χ0v) is 21.9. The molecule has 0 radical (unpaired) electrons. The number of piperidine rings is 1. The van der Waals surface area contributed by atoms with Crippen LogP contribution in [0.2, 0.25) is 0 Å². The molecule has 1 amide bonds. The van der Waals surface area contributed by atoms with E-state index in [-0.39, 0.29) is 5.91 Å². The first-order valence-electron chi connectivity index (χ1n) is 13.8. The summed E-state index contributed by atoms with van der Waals surface area (Å²) >= 11 is 0. The molecular formula is C27H38FN3O8. The third-order valence-electron chi connectivity index (χ3n) is 7.41. The van der Waals surface area contributed by atoms with Crippen LogP contribution in [-0.4, -0.2) is 116 Å². The Morgan fingerprint density at radius 3 is 1.95 bits per heavy atom. The van der Waals surface area contributed by atoms with Gasteiger partial charge < -0.3 is 25.3 Å². The topological polar surface area (TPSA) is 159 Å². The number of benzene rings is 1. The summed E-state index contributed by atoms with van der Waals surface area (Å²) in [6, 6.07) is 8.51. The number of hydrogen-bond donors (Lipinski definition) is 4. The Kier molecular flexibility index (Phi) is 10.2. The minimum absolute atomic E-state index is 0.117. The normalized spacial score (nSPS) is 23.1. The fourth-order valence-corrected chi connectivity index (χ4v) is 4.85. The second-order valence-corrected chi connectivity index (χ2v) is 10.4. The van der Waals surface area contributed by atoms with Crippen LogP contribution < -0.4 is 0 Å². The van der Waals surface area contributed by atoms with E-state index >= 15 is 0 Å². The molecular weight excluding hydrogens is 513 g/mol. The summed E-state index contributed by atoms with van der Waals surface area (Å²) in [4.78, 5) is 49.8. The largest absolute Gasteiger partial charge is 0.481 e. The minimum atomic E-state index is -2.74. The Bertz CT molecular complexity index is 1030. The van der Waals surface area contributed by atoms with Gasteiger partial charge >= 0.3 is 17.9 Å². The van der Waals surface area contributed by atoms with Crippen molar-refractivity contribution < 1.29 is 45.4 Å². The number of piperazine rings is 1. The Morgan fingerprint density at radius 1 is 0.897 bits per heavy atom. The lowest BCUT2D eigenvalue weighted by atomic mass is 9.91. The molecule has 4 rings (SSSR count). The van der Waals surface area contributed by atoms with Crippen LogP contribution in [0.3, 0.4) is 0 Å². The molecule has 2 atom stereocenters. The molecule has 4 N–H and O–H groups in total. The molecule has 1 aromatic rings. The van der Waals surface area contributed by atoms with Crippen LogP contribution >= 0.6 is 0 Å². The van der Waals surface area contributed by atoms with Gasteiger partial charge in [-0.2, -0.15) is 0 Å². The third kappa shape index (κ3) is 8.97. The molecule has 3 aliphatic rings. The Balaban J connectivity index is 0.000000289. The number of carboxylic acid groups (broad SMARTS) is 3. The molecule has 11 nitrogen and oxygen atoms in total. The van der Waals surface area contributed by atoms with E-state index in [1.165, 1.54) is 19.3 Å². The zero-order chi connectivity index (χ0) is 29.4. The summed E-state index contributed by atoms with van der Waals surface area (Å²) < 4.78 is 21.4. The highest BCUT2D eigenvalue weighted by Gasteiger charge is 2.40. The molecule has 1 saturated carbocycles. The molecule has 216 valence electrons. The average molecular weight is 554 g/mol. The SMILES string of the molecule is O=C(O)CC(O)(CC(=O)O)C(=O)O.[3H]C1CC(F)CCN1Cc1ccc(C(=O)N2CCN(C3CCC3)CC2)cc1. The van der Waals surface area contributed by atoms with Crippen molar-refractivity contribution in [2.75, 3.05) is 39.2 Å². The summed E-state index contributed by atoms with van der Waals surface area (Å²) in [6.07, 6.45) is 1.66. The fraction of sp³-hybridized carbons (Fsp3) is 0.630.